The highest BCUT2D eigenvalue weighted by Gasteiger charge is 2.30. The normalized spacial score (nSPS) is 11.7. The van der Waals surface area contributed by atoms with Gasteiger partial charge in [-0.15, -0.1) is 11.3 Å². The second kappa shape index (κ2) is 6.71. The number of aryl methyl sites for hydroxylation is 1. The lowest BCUT2D eigenvalue weighted by Gasteiger charge is -2.06. The fourth-order valence-corrected chi connectivity index (χ4v) is 3.60. The number of thiazole rings is 1. The zero-order chi connectivity index (χ0) is 19.9. The molecular weight excluding hydrogens is 391 g/mol. The predicted octanol–water partition coefficient (Wildman–Crippen LogP) is 4.43. The Morgan fingerprint density at radius 1 is 1.11 bits per heavy atom. The largest absolute Gasteiger partial charge is 0.416 e. The quantitative estimate of drug-likeness (QED) is 0.549. The molecule has 0 spiro atoms. The lowest BCUT2D eigenvalue weighted by Crippen LogP contribution is -2.14. The fraction of sp³-hybridized carbons (Fsp3) is 0.111. The summed E-state index contributed by atoms with van der Waals surface area (Å²) in [6.07, 6.45) is -1.27. The molecule has 142 valence electrons. The highest BCUT2D eigenvalue weighted by Crippen LogP contribution is 2.33. The third-order valence-electron chi connectivity index (χ3n) is 3.99. The SMILES string of the molecule is Cc1nc(-c2ccc(C(F)(F)F)cc2)sc1C(=O)Nc1ccnc2ccnn12. The molecule has 0 aliphatic heterocycles. The maximum absolute atomic E-state index is 12.7. The van der Waals surface area contributed by atoms with Gasteiger partial charge in [0.05, 0.1) is 17.5 Å². The van der Waals surface area contributed by atoms with Gasteiger partial charge in [-0.1, -0.05) is 12.1 Å². The van der Waals surface area contributed by atoms with Gasteiger partial charge in [-0.05, 0) is 25.1 Å². The first-order chi connectivity index (χ1) is 13.3. The van der Waals surface area contributed by atoms with Crippen LogP contribution in [0.5, 0.6) is 0 Å². The van der Waals surface area contributed by atoms with Crippen LogP contribution in [-0.4, -0.2) is 25.5 Å². The molecule has 0 unspecified atom stereocenters. The van der Waals surface area contributed by atoms with E-state index in [1.54, 1.807) is 31.5 Å². The summed E-state index contributed by atoms with van der Waals surface area (Å²) in [5.74, 6) is 0.0695. The van der Waals surface area contributed by atoms with Crippen LogP contribution in [0.4, 0.5) is 19.0 Å². The number of nitrogens with zero attached hydrogens (tertiary/aromatic N) is 4. The van der Waals surface area contributed by atoms with Gasteiger partial charge in [0, 0.05) is 17.8 Å². The number of amides is 1. The maximum Gasteiger partial charge on any atom is 0.416 e. The van der Waals surface area contributed by atoms with E-state index in [0.717, 1.165) is 23.5 Å². The number of fused-ring (bicyclic) bond motifs is 1. The molecule has 0 aliphatic rings. The van der Waals surface area contributed by atoms with Crippen molar-refractivity contribution in [3.63, 3.8) is 0 Å². The van der Waals surface area contributed by atoms with Gasteiger partial charge in [0.15, 0.2) is 5.65 Å². The fourth-order valence-electron chi connectivity index (χ4n) is 2.63. The van der Waals surface area contributed by atoms with Crippen LogP contribution in [0.15, 0.2) is 48.8 Å². The summed E-state index contributed by atoms with van der Waals surface area (Å²) in [5, 5.41) is 7.34. The van der Waals surface area contributed by atoms with E-state index in [1.807, 2.05) is 0 Å². The van der Waals surface area contributed by atoms with Crippen molar-refractivity contribution in [2.45, 2.75) is 13.1 Å². The predicted molar refractivity (Wildman–Crippen MR) is 98.2 cm³/mol. The van der Waals surface area contributed by atoms with Crippen LogP contribution in [0.25, 0.3) is 16.2 Å². The van der Waals surface area contributed by atoms with Crippen molar-refractivity contribution in [3.05, 3.63) is 64.9 Å². The molecule has 28 heavy (non-hydrogen) atoms. The van der Waals surface area contributed by atoms with Crippen molar-refractivity contribution >= 4 is 28.7 Å². The smallest absolute Gasteiger partial charge is 0.306 e. The average molecular weight is 403 g/mol. The molecule has 1 amide bonds. The summed E-state index contributed by atoms with van der Waals surface area (Å²) in [6.45, 7) is 1.68. The van der Waals surface area contributed by atoms with Crippen molar-refractivity contribution in [1.82, 2.24) is 19.6 Å². The minimum atomic E-state index is -4.40. The van der Waals surface area contributed by atoms with Gasteiger partial charge in [-0.2, -0.15) is 22.8 Å². The topological polar surface area (TPSA) is 72.2 Å². The van der Waals surface area contributed by atoms with E-state index < -0.39 is 11.7 Å². The van der Waals surface area contributed by atoms with Crippen LogP contribution in [0, 0.1) is 6.92 Å². The highest BCUT2D eigenvalue weighted by atomic mass is 32.1. The molecule has 1 N–H and O–H groups in total. The van der Waals surface area contributed by atoms with E-state index in [9.17, 15) is 18.0 Å². The monoisotopic (exact) mass is 403 g/mol. The molecule has 10 heteroatoms. The summed E-state index contributed by atoms with van der Waals surface area (Å²) in [7, 11) is 0. The van der Waals surface area contributed by atoms with E-state index in [0.29, 0.717) is 32.6 Å². The number of halogens is 3. The number of rotatable bonds is 3. The van der Waals surface area contributed by atoms with Crippen LogP contribution in [0.2, 0.25) is 0 Å². The number of carbonyl (C=O) groups excluding carboxylic acids is 1. The number of hydrogen-bond donors (Lipinski definition) is 1. The molecule has 3 heterocycles. The average Bonchev–Trinajstić information content (AvgIpc) is 3.28. The highest BCUT2D eigenvalue weighted by molar-refractivity contribution is 7.17. The molecule has 4 aromatic rings. The minimum Gasteiger partial charge on any atom is -0.306 e. The molecule has 0 bridgehead atoms. The van der Waals surface area contributed by atoms with E-state index in [1.165, 1.54) is 16.6 Å². The maximum atomic E-state index is 12.7. The minimum absolute atomic E-state index is 0.368. The van der Waals surface area contributed by atoms with Crippen LogP contribution < -0.4 is 5.32 Å². The Labute approximate surface area is 160 Å². The Bertz CT molecular complexity index is 1160. The Morgan fingerprint density at radius 2 is 1.86 bits per heavy atom. The van der Waals surface area contributed by atoms with E-state index >= 15 is 0 Å². The molecular formula is C18H12F3N5OS. The number of benzene rings is 1. The Morgan fingerprint density at radius 3 is 2.57 bits per heavy atom. The number of carbonyl (C=O) groups is 1. The van der Waals surface area contributed by atoms with Gasteiger partial charge in [0.25, 0.3) is 5.91 Å². The van der Waals surface area contributed by atoms with E-state index in [-0.39, 0.29) is 5.91 Å². The second-order valence-corrected chi connectivity index (χ2v) is 6.89. The van der Waals surface area contributed by atoms with Crippen molar-refractivity contribution in [2.75, 3.05) is 5.32 Å². The summed E-state index contributed by atoms with van der Waals surface area (Å²) < 4.78 is 39.6. The van der Waals surface area contributed by atoms with Crippen molar-refractivity contribution < 1.29 is 18.0 Å². The molecule has 0 saturated carbocycles. The molecule has 1 aromatic carbocycles. The number of alkyl halides is 3. The molecule has 4 rings (SSSR count). The van der Waals surface area contributed by atoms with Gasteiger partial charge in [0.2, 0.25) is 0 Å². The zero-order valence-corrected chi connectivity index (χ0v) is 15.2. The number of aromatic nitrogens is 4. The Kier molecular flexibility index (Phi) is 4.34. The first-order valence-electron chi connectivity index (χ1n) is 8.08. The molecule has 0 aliphatic carbocycles. The van der Waals surface area contributed by atoms with Crippen LogP contribution >= 0.6 is 11.3 Å². The number of hydrogen-bond acceptors (Lipinski definition) is 5. The van der Waals surface area contributed by atoms with Crippen molar-refractivity contribution in [3.8, 4) is 10.6 Å². The number of nitrogens with one attached hydrogen (secondary N) is 1. The molecule has 6 nitrogen and oxygen atoms in total. The summed E-state index contributed by atoms with van der Waals surface area (Å²) >= 11 is 1.11. The van der Waals surface area contributed by atoms with Gasteiger partial charge < -0.3 is 5.32 Å². The van der Waals surface area contributed by atoms with Crippen molar-refractivity contribution in [1.29, 1.82) is 0 Å². The first kappa shape index (κ1) is 18.1. The van der Waals surface area contributed by atoms with Gasteiger partial charge in [-0.3, -0.25) is 4.79 Å². The van der Waals surface area contributed by atoms with Crippen LogP contribution in [-0.2, 0) is 6.18 Å². The van der Waals surface area contributed by atoms with E-state index in [2.05, 4.69) is 20.4 Å². The van der Waals surface area contributed by atoms with Crippen molar-refractivity contribution in [2.24, 2.45) is 0 Å². The third-order valence-corrected chi connectivity index (χ3v) is 5.20. The number of anilines is 1. The van der Waals surface area contributed by atoms with Crippen LogP contribution in [0.3, 0.4) is 0 Å². The Hall–Kier alpha value is -3.27. The summed E-state index contributed by atoms with van der Waals surface area (Å²) in [4.78, 5) is 21.5. The second-order valence-electron chi connectivity index (χ2n) is 5.89. The molecule has 0 radical (unpaired) electrons. The van der Waals surface area contributed by atoms with Gasteiger partial charge in [-0.25, -0.2) is 9.97 Å². The summed E-state index contributed by atoms with van der Waals surface area (Å²) in [6, 6.07) is 8.01. The molecule has 0 atom stereocenters. The lowest BCUT2D eigenvalue weighted by molar-refractivity contribution is -0.137. The molecule has 3 aromatic heterocycles. The lowest BCUT2D eigenvalue weighted by atomic mass is 10.1. The van der Waals surface area contributed by atoms with Gasteiger partial charge in [0.1, 0.15) is 15.7 Å². The molecule has 0 saturated heterocycles. The van der Waals surface area contributed by atoms with Crippen LogP contribution in [0.1, 0.15) is 20.9 Å². The van der Waals surface area contributed by atoms with E-state index in [4.69, 9.17) is 0 Å². The van der Waals surface area contributed by atoms with Gasteiger partial charge >= 0.3 is 6.18 Å². The third kappa shape index (κ3) is 3.33. The Balaban J connectivity index is 1.60. The standard InChI is InChI=1S/C18H12F3N5OS/c1-10-15(16(27)25-14-6-8-22-13-7-9-23-26(13)14)28-17(24-10)11-2-4-12(5-3-11)18(19,20)21/h2-9H,1H3,(H,25,27). The summed E-state index contributed by atoms with van der Waals surface area (Å²) in [5.41, 5.74) is 0.856. The first-order valence-corrected chi connectivity index (χ1v) is 8.90. The molecule has 0 fully saturated rings. The zero-order valence-electron chi connectivity index (χ0n) is 14.4.